The van der Waals surface area contributed by atoms with Crippen molar-refractivity contribution in [3.05, 3.63) is 200 Å². The average molecular weight is 724 g/mol. The molecule has 0 aliphatic carbocycles. The van der Waals surface area contributed by atoms with Crippen LogP contribution in [0.4, 0.5) is 0 Å². The molecule has 0 aliphatic rings. The summed E-state index contributed by atoms with van der Waals surface area (Å²) < 4.78 is 7.07. The third-order valence-electron chi connectivity index (χ3n) is 11.9. The molecule has 0 N–H and O–H groups in total. The highest BCUT2D eigenvalue weighted by Gasteiger charge is 2.23. The fourth-order valence-electron chi connectivity index (χ4n) is 9.54. The lowest BCUT2D eigenvalue weighted by Gasteiger charge is -2.18. The van der Waals surface area contributed by atoms with Gasteiger partial charge in [0.15, 0.2) is 0 Å². The first-order valence-electron chi connectivity index (χ1n) is 19.5. The van der Waals surface area contributed by atoms with Gasteiger partial charge in [0.2, 0.25) is 0 Å². The Balaban J connectivity index is 1.16. The lowest BCUT2D eigenvalue weighted by molar-refractivity contribution is 0.670. The van der Waals surface area contributed by atoms with Crippen LogP contribution in [0.3, 0.4) is 0 Å². The molecule has 0 fully saturated rings. The van der Waals surface area contributed by atoms with E-state index in [9.17, 15) is 0 Å². The monoisotopic (exact) mass is 723 g/mol. The number of hydrogen-bond donors (Lipinski definition) is 0. The van der Waals surface area contributed by atoms with Crippen molar-refractivity contribution in [2.45, 2.75) is 0 Å². The van der Waals surface area contributed by atoms with E-state index in [0.717, 1.165) is 44.0 Å². The second-order valence-corrected chi connectivity index (χ2v) is 14.9. The Hall–Kier alpha value is -7.55. The summed E-state index contributed by atoms with van der Waals surface area (Å²) in [7, 11) is 0. The summed E-state index contributed by atoms with van der Waals surface area (Å²) >= 11 is 0. The van der Waals surface area contributed by atoms with E-state index in [0.29, 0.717) is 0 Å². The van der Waals surface area contributed by atoms with Crippen molar-refractivity contribution in [1.82, 2.24) is 4.98 Å². The van der Waals surface area contributed by atoms with E-state index in [-0.39, 0.29) is 0 Å². The van der Waals surface area contributed by atoms with Crippen LogP contribution in [-0.4, -0.2) is 4.98 Å². The lowest BCUT2D eigenvalue weighted by Crippen LogP contribution is -1.92. The van der Waals surface area contributed by atoms with Gasteiger partial charge in [-0.2, -0.15) is 0 Å². The number of nitrogens with zero attached hydrogens (tertiary/aromatic N) is 1. The van der Waals surface area contributed by atoms with Crippen molar-refractivity contribution >= 4 is 75.9 Å². The van der Waals surface area contributed by atoms with Crippen molar-refractivity contribution in [3.63, 3.8) is 0 Å². The largest absolute Gasteiger partial charge is 0.455 e. The Bertz CT molecular complexity index is 3460. The van der Waals surface area contributed by atoms with E-state index in [1.54, 1.807) is 0 Å². The molecule has 12 rings (SSSR count). The first-order chi connectivity index (χ1) is 28.3. The third-order valence-corrected chi connectivity index (χ3v) is 11.9. The zero-order chi connectivity index (χ0) is 37.5. The van der Waals surface area contributed by atoms with Crippen LogP contribution in [-0.2, 0) is 0 Å². The van der Waals surface area contributed by atoms with Crippen LogP contribution >= 0.6 is 0 Å². The maximum Gasteiger partial charge on any atom is 0.143 e. The lowest BCUT2D eigenvalue weighted by atomic mass is 9.84. The topological polar surface area (TPSA) is 26.0 Å². The molecule has 0 saturated carbocycles. The Morgan fingerprint density at radius 2 is 0.825 bits per heavy atom. The molecule has 0 amide bonds. The first-order valence-corrected chi connectivity index (χ1v) is 19.5. The number of fused-ring (bicyclic) bond motifs is 8. The molecule has 0 radical (unpaired) electrons. The summed E-state index contributed by atoms with van der Waals surface area (Å²) in [5.41, 5.74) is 12.3. The van der Waals surface area contributed by atoms with Gasteiger partial charge in [-0.1, -0.05) is 176 Å². The predicted molar refractivity (Wildman–Crippen MR) is 241 cm³/mol. The van der Waals surface area contributed by atoms with E-state index in [2.05, 4.69) is 188 Å². The second-order valence-electron chi connectivity index (χ2n) is 14.9. The predicted octanol–water partition coefficient (Wildman–Crippen LogP) is 15.4. The molecule has 2 heterocycles. The molecular weight excluding hydrogens is 691 g/mol. The highest BCUT2D eigenvalue weighted by Crippen LogP contribution is 2.50. The van der Waals surface area contributed by atoms with Crippen LogP contribution in [0.25, 0.3) is 120 Å². The number of para-hydroxylation sites is 1. The Morgan fingerprint density at radius 3 is 1.44 bits per heavy atom. The molecule has 2 heteroatoms. The van der Waals surface area contributed by atoms with E-state index < -0.39 is 0 Å². The highest BCUT2D eigenvalue weighted by atomic mass is 16.3. The number of furan rings is 1. The minimum absolute atomic E-state index is 0.879. The minimum atomic E-state index is 0.879. The molecule has 0 unspecified atom stereocenters. The molecule has 2 aromatic heterocycles. The SMILES string of the molecule is c1ccc(-c2c3ccccc3c(-c3cccc4oc5c(-c6c7ccccc7c(-c7ccc8cccnc8c7)c7ccccc67)cccc5c34)c3ccccc23)cc1. The molecule has 57 heavy (non-hydrogen) atoms. The number of benzene rings is 10. The van der Waals surface area contributed by atoms with Gasteiger partial charge >= 0.3 is 0 Å². The standard InChI is InChI=1S/C55H33NO/c1-2-15-35(16-3-1)50-37-18-4-8-22-41(37)52(42-23-9-5-19-38(42)50)45-26-13-29-49-54(45)47-28-12-27-46(55(47)57-49)53-43-24-10-6-20-39(43)51(40-21-7-11-25-44(40)53)36-31-30-34-17-14-32-56-48(34)33-36/h1-33H. The Kier molecular flexibility index (Phi) is 6.96. The van der Waals surface area contributed by atoms with Crippen LogP contribution in [0.1, 0.15) is 0 Å². The molecule has 0 aliphatic heterocycles. The summed E-state index contributed by atoms with van der Waals surface area (Å²) in [6.45, 7) is 0. The molecular formula is C55H33NO. The van der Waals surface area contributed by atoms with Gasteiger partial charge in [0, 0.05) is 33.5 Å². The van der Waals surface area contributed by atoms with Gasteiger partial charge in [-0.15, -0.1) is 0 Å². The number of aromatic nitrogens is 1. The zero-order valence-corrected chi connectivity index (χ0v) is 30.9. The maximum atomic E-state index is 7.07. The Morgan fingerprint density at radius 1 is 0.333 bits per heavy atom. The van der Waals surface area contributed by atoms with Crippen molar-refractivity contribution in [1.29, 1.82) is 0 Å². The third kappa shape index (κ3) is 4.74. The summed E-state index contributed by atoms with van der Waals surface area (Å²) in [5, 5.41) is 13.1. The molecule has 0 spiro atoms. The first kappa shape index (κ1) is 31.8. The van der Waals surface area contributed by atoms with Crippen molar-refractivity contribution < 1.29 is 4.42 Å². The minimum Gasteiger partial charge on any atom is -0.455 e. The Labute approximate surface area is 328 Å². The van der Waals surface area contributed by atoms with E-state index >= 15 is 0 Å². The number of hydrogen-bond acceptors (Lipinski definition) is 2. The summed E-state index contributed by atoms with van der Waals surface area (Å²) in [6.07, 6.45) is 1.87. The highest BCUT2D eigenvalue weighted by molar-refractivity contribution is 6.28. The molecule has 2 nitrogen and oxygen atoms in total. The van der Waals surface area contributed by atoms with Gasteiger partial charge in [-0.25, -0.2) is 0 Å². The van der Waals surface area contributed by atoms with Gasteiger partial charge in [0.25, 0.3) is 0 Å². The summed E-state index contributed by atoms with van der Waals surface area (Å²) in [5.74, 6) is 0. The van der Waals surface area contributed by atoms with Crippen LogP contribution in [0.15, 0.2) is 205 Å². The van der Waals surface area contributed by atoms with E-state index in [1.165, 1.54) is 76.5 Å². The van der Waals surface area contributed by atoms with Gasteiger partial charge in [-0.3, -0.25) is 4.98 Å². The molecule has 0 bridgehead atoms. The maximum absolute atomic E-state index is 7.07. The zero-order valence-electron chi connectivity index (χ0n) is 30.9. The van der Waals surface area contributed by atoms with Gasteiger partial charge in [-0.05, 0) is 94.7 Å². The fourth-order valence-corrected chi connectivity index (χ4v) is 9.54. The molecule has 264 valence electrons. The number of rotatable bonds is 4. The van der Waals surface area contributed by atoms with Crippen LogP contribution in [0, 0.1) is 0 Å². The second kappa shape index (κ2) is 12.5. The number of pyridine rings is 1. The van der Waals surface area contributed by atoms with Gasteiger partial charge in [0.05, 0.1) is 5.52 Å². The van der Waals surface area contributed by atoms with Crippen LogP contribution < -0.4 is 0 Å². The smallest absolute Gasteiger partial charge is 0.143 e. The average Bonchev–Trinajstić information content (AvgIpc) is 3.67. The quantitative estimate of drug-likeness (QED) is 0.169. The molecule has 12 aromatic rings. The molecule has 0 atom stereocenters. The van der Waals surface area contributed by atoms with Crippen LogP contribution in [0.5, 0.6) is 0 Å². The fraction of sp³-hybridized carbons (Fsp3) is 0. The normalized spacial score (nSPS) is 11.9. The summed E-state index contributed by atoms with van der Waals surface area (Å²) in [6, 6.07) is 70.1. The van der Waals surface area contributed by atoms with Crippen molar-refractivity contribution in [3.8, 4) is 44.5 Å². The van der Waals surface area contributed by atoms with Gasteiger partial charge < -0.3 is 4.42 Å². The van der Waals surface area contributed by atoms with E-state index in [4.69, 9.17) is 9.40 Å². The molecule has 10 aromatic carbocycles. The van der Waals surface area contributed by atoms with Crippen molar-refractivity contribution in [2.24, 2.45) is 0 Å². The van der Waals surface area contributed by atoms with E-state index in [1.807, 2.05) is 12.3 Å². The van der Waals surface area contributed by atoms with Gasteiger partial charge in [0.1, 0.15) is 11.2 Å². The van der Waals surface area contributed by atoms with Crippen molar-refractivity contribution in [2.75, 3.05) is 0 Å². The summed E-state index contributed by atoms with van der Waals surface area (Å²) in [4.78, 5) is 4.72. The van der Waals surface area contributed by atoms with Crippen LogP contribution in [0.2, 0.25) is 0 Å². The molecule has 0 saturated heterocycles.